The molecule has 96 heavy (non-hydrogen) atoms. The fourth-order valence-corrected chi connectivity index (χ4v) is 15.3. The molecular weight excluding hydrogens is 1330 g/mol. The van der Waals surface area contributed by atoms with Gasteiger partial charge in [-0.3, -0.25) is 67.1 Å². The van der Waals surface area contributed by atoms with E-state index in [1.54, 1.807) is 27.7 Å². The number of benzene rings is 1. The Labute approximate surface area is 570 Å². The second kappa shape index (κ2) is 37.6. The van der Waals surface area contributed by atoms with E-state index >= 15 is 9.59 Å². The maximum Gasteiger partial charge on any atom is 0.246 e. The van der Waals surface area contributed by atoms with Gasteiger partial charge < -0.3 is 94.9 Å². The summed E-state index contributed by atoms with van der Waals surface area (Å²) in [5.41, 5.74) is 12.5. The third-order valence-electron chi connectivity index (χ3n) is 15.9. The molecule has 1 aromatic heterocycles. The number of aromatic nitrogens is 2. The van der Waals surface area contributed by atoms with Crippen LogP contribution in [0.2, 0.25) is 0 Å². The highest BCUT2D eigenvalue weighted by Gasteiger charge is 2.44. The van der Waals surface area contributed by atoms with Gasteiger partial charge in [-0.05, 0) is 68.2 Å². The molecule has 2 bridgehead atoms. The molecule has 37 heteroatoms. The number of H-pyrrole nitrogens is 1. The standard InChI is InChI=1S/C59H87N17O16S4/c1-29(2)16-43-55(88)72-41-26-96-94-25-40(51(84)64-21-46(80)67-37(17-31-9-11-33(77)12-10-31)52(85)68-36(8-6-7-15-60)58(91)75(43)5)71-54(87)42(73-57(90)48(30(3)4)74-47(81)22-63-50(83)35-13-14-45(79)66-35)27-95-93-24-39(49(61)82)70-56(89)44-19-34(78)23-76(44)59(92)38(69-53(41)86)18-32-20-62-28-65-32/h9-12,20,28-30,34-44,48,77-78H,6-8,13-19,21-27,60H2,1-5H3,(H2,61,82)(H,62,65)(H,63,83)(H,64,84)(H,66,79)(H,67,80)(H,68,85)(H,69,86)(H,70,89)(H,71,87)(H,72,88)(H,73,90)(H,74,81)/t34-,35+,36+,37+,38+,39+,40+,41+,42+,43+,44+,48+/m1/s1. The molecule has 4 saturated heterocycles. The molecule has 528 valence electrons. The van der Waals surface area contributed by atoms with Gasteiger partial charge in [0.15, 0.2) is 0 Å². The molecule has 0 unspecified atom stereocenters. The Balaban J connectivity index is 1.42. The predicted molar refractivity (Wildman–Crippen MR) is 356 cm³/mol. The molecule has 5 heterocycles. The lowest BCUT2D eigenvalue weighted by Crippen LogP contribution is -2.61. The summed E-state index contributed by atoms with van der Waals surface area (Å²) < 4.78 is 0. The first-order valence-corrected chi connectivity index (χ1v) is 36.3. The van der Waals surface area contributed by atoms with Crippen LogP contribution in [0.15, 0.2) is 36.8 Å². The largest absolute Gasteiger partial charge is 0.508 e. The summed E-state index contributed by atoms with van der Waals surface area (Å²) in [4.78, 5) is 206. The normalized spacial score (nSPS) is 26.4. The van der Waals surface area contributed by atoms with Crippen LogP contribution in [0.4, 0.5) is 0 Å². The lowest BCUT2D eigenvalue weighted by molar-refractivity contribution is -0.144. The predicted octanol–water partition coefficient (Wildman–Crippen LogP) is -4.81. The Hall–Kier alpha value is -7.87. The van der Waals surface area contributed by atoms with Gasteiger partial charge in [-0.15, -0.1) is 0 Å². The van der Waals surface area contributed by atoms with E-state index in [1.165, 1.54) is 43.8 Å². The van der Waals surface area contributed by atoms with Gasteiger partial charge in [0, 0.05) is 74.2 Å². The van der Waals surface area contributed by atoms with Crippen LogP contribution in [0.1, 0.15) is 83.9 Å². The van der Waals surface area contributed by atoms with E-state index in [-0.39, 0.29) is 92.1 Å². The van der Waals surface area contributed by atoms with Crippen LogP contribution in [0, 0.1) is 11.8 Å². The first kappa shape index (κ1) is 77.1. The number of carbonyl (C=O) groups is 14. The lowest BCUT2D eigenvalue weighted by atomic mass is 9.99. The highest BCUT2D eigenvalue weighted by atomic mass is 33.1. The summed E-state index contributed by atoms with van der Waals surface area (Å²) in [6.45, 7) is 5.19. The van der Waals surface area contributed by atoms with Crippen molar-refractivity contribution in [1.82, 2.24) is 78.3 Å². The van der Waals surface area contributed by atoms with Gasteiger partial charge in [0.1, 0.15) is 72.2 Å². The van der Waals surface area contributed by atoms with E-state index in [1.807, 2.05) is 0 Å². The van der Waals surface area contributed by atoms with Crippen molar-refractivity contribution in [2.45, 2.75) is 158 Å². The van der Waals surface area contributed by atoms with Crippen molar-refractivity contribution in [3.05, 3.63) is 48.0 Å². The Morgan fingerprint density at radius 2 is 1.39 bits per heavy atom. The summed E-state index contributed by atoms with van der Waals surface area (Å²) in [6.07, 6.45) is 1.77. The number of nitrogens with zero attached hydrogens (tertiary/aromatic N) is 3. The number of aromatic hydroxyl groups is 1. The number of phenols is 1. The van der Waals surface area contributed by atoms with Crippen LogP contribution in [0.5, 0.6) is 5.75 Å². The number of amides is 14. The smallest absolute Gasteiger partial charge is 0.246 e. The number of likely N-dealkylation sites (N-methyl/N-ethyl adjacent to an activating group) is 1. The third kappa shape index (κ3) is 23.5. The molecule has 4 fully saturated rings. The second-order valence-corrected chi connectivity index (χ2v) is 29.4. The summed E-state index contributed by atoms with van der Waals surface area (Å²) >= 11 is 0. The van der Waals surface area contributed by atoms with Crippen molar-refractivity contribution < 1.29 is 77.3 Å². The first-order valence-electron chi connectivity index (χ1n) is 31.4. The van der Waals surface area contributed by atoms with Crippen LogP contribution >= 0.6 is 43.2 Å². The molecule has 0 radical (unpaired) electrons. The second-order valence-electron chi connectivity index (χ2n) is 24.3. The monoisotopic (exact) mass is 1420 g/mol. The number of aliphatic hydroxyl groups excluding tert-OH is 1. The van der Waals surface area contributed by atoms with Crippen LogP contribution in [-0.2, 0) is 80.0 Å². The fourth-order valence-electron chi connectivity index (χ4n) is 10.7. The minimum atomic E-state index is -1.60. The number of rotatable bonds is 18. The highest BCUT2D eigenvalue weighted by molar-refractivity contribution is 8.77. The Kier molecular flexibility index (Phi) is 30.2. The van der Waals surface area contributed by atoms with Crippen molar-refractivity contribution >= 4 is 126 Å². The molecule has 1 aromatic carbocycles. The number of aliphatic hydroxyl groups is 1. The molecule has 0 saturated carbocycles. The molecule has 18 N–H and O–H groups in total. The van der Waals surface area contributed by atoms with E-state index in [0.29, 0.717) is 24.1 Å². The topological polar surface area (TPSA) is 499 Å². The Bertz CT molecular complexity index is 3120. The fraction of sp³-hybridized carbons (Fsp3) is 0.610. The minimum Gasteiger partial charge on any atom is -0.508 e. The zero-order chi connectivity index (χ0) is 70.3. The molecule has 2 aromatic rings. The summed E-state index contributed by atoms with van der Waals surface area (Å²) in [5.74, 6) is -14.1. The van der Waals surface area contributed by atoms with Crippen LogP contribution in [-0.4, -0.2) is 241 Å². The number of primary amides is 1. The van der Waals surface area contributed by atoms with Crippen LogP contribution in [0.25, 0.3) is 0 Å². The molecule has 33 nitrogen and oxygen atoms in total. The molecule has 4 aliphatic heterocycles. The average Bonchev–Trinajstić information content (AvgIpc) is 1.58. The van der Waals surface area contributed by atoms with Crippen molar-refractivity contribution in [2.24, 2.45) is 23.3 Å². The average molecular weight is 1420 g/mol. The van der Waals surface area contributed by atoms with Gasteiger partial charge >= 0.3 is 0 Å². The van der Waals surface area contributed by atoms with Crippen molar-refractivity contribution in [1.29, 1.82) is 0 Å². The van der Waals surface area contributed by atoms with Gasteiger partial charge in [-0.1, -0.05) is 83.0 Å². The van der Waals surface area contributed by atoms with E-state index in [2.05, 4.69) is 68.5 Å². The number of imidazole rings is 1. The van der Waals surface area contributed by atoms with Crippen molar-refractivity contribution in [2.75, 3.05) is 56.2 Å². The highest BCUT2D eigenvalue weighted by Crippen LogP contribution is 2.28. The van der Waals surface area contributed by atoms with Crippen LogP contribution in [0.3, 0.4) is 0 Å². The zero-order valence-electron chi connectivity index (χ0n) is 53.8. The SMILES string of the molecule is CC(C)C[C@H]1C(=O)N[C@H]2CSSC[C@H](NC(=O)[C@@H](NC(=O)[C@@H](NC(=O)CNC(=O)[C@@H]3CCC(=O)N3)C(C)C)CSSC[C@@H](C(N)=O)NC(=O)[C@@H]3C[C@@H](O)CN3C(=O)[C@H](Cc3cnc[nH]3)NC2=O)C(=O)NCC(=O)N[C@@H](Cc2ccc(O)cc2)C(=O)N[C@@H](CCCCN)C(=O)N1C. The molecule has 14 amide bonds. The van der Waals surface area contributed by atoms with E-state index < -0.39 is 175 Å². The van der Waals surface area contributed by atoms with Crippen molar-refractivity contribution in [3.8, 4) is 5.75 Å². The first-order chi connectivity index (χ1) is 45.6. The molecule has 0 spiro atoms. The number of phenolic OH excluding ortho intramolecular Hbond substituents is 1. The molecule has 0 aliphatic carbocycles. The van der Waals surface area contributed by atoms with Crippen molar-refractivity contribution in [3.63, 3.8) is 0 Å². The van der Waals surface area contributed by atoms with Crippen LogP contribution < -0.4 is 70.0 Å². The Morgan fingerprint density at radius 3 is 2.02 bits per heavy atom. The van der Waals surface area contributed by atoms with Gasteiger partial charge in [0.05, 0.1) is 25.5 Å². The maximum absolute atomic E-state index is 15.1. The van der Waals surface area contributed by atoms with Gasteiger partial charge in [-0.2, -0.15) is 0 Å². The number of hydrogen-bond donors (Lipinski definition) is 16. The maximum atomic E-state index is 15.1. The number of aromatic amines is 1. The number of nitrogens with one attached hydrogen (secondary N) is 12. The van der Waals surface area contributed by atoms with E-state index in [4.69, 9.17) is 11.5 Å². The summed E-state index contributed by atoms with van der Waals surface area (Å²) in [6, 6.07) is -9.78. The van der Waals surface area contributed by atoms with Gasteiger partial charge in [-0.25, -0.2) is 4.98 Å². The van der Waals surface area contributed by atoms with E-state index in [9.17, 15) is 67.7 Å². The quantitative estimate of drug-likeness (QED) is 0.0492. The molecule has 12 atom stereocenters. The minimum absolute atomic E-state index is 0.0103. The van der Waals surface area contributed by atoms with Gasteiger partial charge in [0.25, 0.3) is 0 Å². The molecular formula is C59H87N17O16S4. The number of hydrogen-bond acceptors (Lipinski definition) is 22. The molecule has 6 rings (SSSR count). The Morgan fingerprint density at radius 1 is 0.719 bits per heavy atom. The summed E-state index contributed by atoms with van der Waals surface area (Å²) in [5, 5.41) is 49.8. The number of unbranched alkanes of at least 4 members (excludes halogenated alkanes) is 1. The van der Waals surface area contributed by atoms with Gasteiger partial charge in [0.2, 0.25) is 82.7 Å². The summed E-state index contributed by atoms with van der Waals surface area (Å²) in [7, 11) is 5.03. The molecule has 4 aliphatic rings. The third-order valence-corrected chi connectivity index (χ3v) is 20.8. The number of nitrogens with two attached hydrogens (primary N) is 2. The van der Waals surface area contributed by atoms with E-state index in [0.717, 1.165) is 53.0 Å². The number of carbonyl (C=O) groups excluding carboxylic acids is 14. The lowest BCUT2D eigenvalue weighted by Gasteiger charge is -2.34. The number of fused-ring (bicyclic) bond motifs is 6. The zero-order valence-corrected chi connectivity index (χ0v) is 57.1.